The molecule has 0 amide bonds. The number of hydrogen-bond donors (Lipinski definition) is 3. The predicted molar refractivity (Wildman–Crippen MR) is 106 cm³/mol. The summed E-state index contributed by atoms with van der Waals surface area (Å²) in [5, 5.41) is 8.19. The van der Waals surface area contributed by atoms with Gasteiger partial charge in [0.25, 0.3) is 0 Å². The fraction of sp³-hybridized carbons (Fsp3) is 0.238. The maximum Gasteiger partial charge on any atom is 0.140 e. The van der Waals surface area contributed by atoms with E-state index >= 15 is 0 Å². The summed E-state index contributed by atoms with van der Waals surface area (Å²) in [6, 6.07) is 17.1. The molecule has 1 aliphatic heterocycles. The normalized spacial score (nSPS) is 17.6. The van der Waals surface area contributed by atoms with Crippen LogP contribution in [0.5, 0.6) is 0 Å². The summed E-state index contributed by atoms with van der Waals surface area (Å²) in [5.74, 6) is 0.856. The van der Waals surface area contributed by atoms with E-state index < -0.39 is 0 Å². The summed E-state index contributed by atoms with van der Waals surface area (Å²) < 4.78 is 0. The Hall–Kier alpha value is -2.92. The number of nitrogens with one attached hydrogen (secondary N) is 3. The van der Waals surface area contributed by atoms with Crippen LogP contribution in [0.1, 0.15) is 12.8 Å². The number of H-pyrrole nitrogens is 1. The van der Waals surface area contributed by atoms with Gasteiger partial charge in [0.15, 0.2) is 0 Å². The Kier molecular flexibility index (Phi) is 3.79. The first-order valence-electron chi connectivity index (χ1n) is 9.17. The van der Waals surface area contributed by atoms with Crippen LogP contribution in [0, 0.1) is 0 Å². The number of piperidine rings is 1. The summed E-state index contributed by atoms with van der Waals surface area (Å²) in [5.41, 5.74) is 5.16. The molecule has 1 unspecified atom stereocenters. The zero-order valence-electron chi connectivity index (χ0n) is 14.5. The lowest BCUT2D eigenvalue weighted by Crippen LogP contribution is -2.38. The Labute approximate surface area is 151 Å². The van der Waals surface area contributed by atoms with Crippen molar-refractivity contribution in [3.05, 3.63) is 54.7 Å². The van der Waals surface area contributed by atoms with E-state index in [2.05, 4.69) is 50.9 Å². The number of nitrogens with zero attached hydrogens (tertiary/aromatic N) is 2. The number of rotatable bonds is 3. The fourth-order valence-corrected chi connectivity index (χ4v) is 3.65. The van der Waals surface area contributed by atoms with Gasteiger partial charge in [-0.1, -0.05) is 18.2 Å². The highest BCUT2D eigenvalue weighted by Gasteiger charge is 2.13. The number of anilines is 1. The van der Waals surface area contributed by atoms with Gasteiger partial charge in [-0.3, -0.25) is 4.98 Å². The second-order valence-corrected chi connectivity index (χ2v) is 6.92. The van der Waals surface area contributed by atoms with Crippen molar-refractivity contribution in [1.82, 2.24) is 20.3 Å². The van der Waals surface area contributed by atoms with E-state index in [1.807, 2.05) is 24.4 Å². The average Bonchev–Trinajstić information content (AvgIpc) is 3.12. The molecule has 5 nitrogen and oxygen atoms in total. The zero-order valence-corrected chi connectivity index (χ0v) is 14.5. The standard InChI is InChI=1S/C21H21N5/c1-2-6-18-14(4-1)10-15(12-23-18)21-25-19-8-7-16(11-20(19)26-21)24-17-5-3-9-22-13-17/h1-2,4,6-8,10-12,17,22,24H,3,5,9,13H2,(H,25,26). The molecule has 3 heterocycles. The van der Waals surface area contributed by atoms with Crippen molar-refractivity contribution in [2.45, 2.75) is 18.9 Å². The van der Waals surface area contributed by atoms with Crippen molar-refractivity contribution in [3.63, 3.8) is 0 Å². The van der Waals surface area contributed by atoms with E-state index in [9.17, 15) is 0 Å². The van der Waals surface area contributed by atoms with E-state index in [1.54, 1.807) is 0 Å². The van der Waals surface area contributed by atoms with Crippen molar-refractivity contribution in [2.24, 2.45) is 0 Å². The van der Waals surface area contributed by atoms with Crippen LogP contribution in [0.15, 0.2) is 54.7 Å². The number of hydrogen-bond acceptors (Lipinski definition) is 4. The van der Waals surface area contributed by atoms with E-state index in [-0.39, 0.29) is 0 Å². The third-order valence-electron chi connectivity index (χ3n) is 5.01. The van der Waals surface area contributed by atoms with E-state index in [4.69, 9.17) is 4.98 Å². The Morgan fingerprint density at radius 2 is 2.00 bits per heavy atom. The Balaban J connectivity index is 1.46. The van der Waals surface area contributed by atoms with Gasteiger partial charge in [0.1, 0.15) is 5.82 Å². The number of fused-ring (bicyclic) bond motifs is 2. The topological polar surface area (TPSA) is 65.6 Å². The van der Waals surface area contributed by atoms with Crippen molar-refractivity contribution >= 4 is 27.6 Å². The highest BCUT2D eigenvalue weighted by Crippen LogP contribution is 2.25. The van der Waals surface area contributed by atoms with Gasteiger partial charge in [-0.25, -0.2) is 4.98 Å². The third kappa shape index (κ3) is 2.91. The van der Waals surface area contributed by atoms with Crippen LogP contribution in [0.3, 0.4) is 0 Å². The minimum Gasteiger partial charge on any atom is -0.381 e. The molecule has 0 bridgehead atoms. The van der Waals surface area contributed by atoms with E-state index in [0.717, 1.165) is 52.1 Å². The number of benzene rings is 2. The fourth-order valence-electron chi connectivity index (χ4n) is 3.65. The molecule has 0 radical (unpaired) electrons. The van der Waals surface area contributed by atoms with Crippen LogP contribution in [-0.4, -0.2) is 34.1 Å². The Morgan fingerprint density at radius 1 is 1.04 bits per heavy atom. The summed E-state index contributed by atoms with van der Waals surface area (Å²) >= 11 is 0. The van der Waals surface area contributed by atoms with E-state index in [0.29, 0.717) is 6.04 Å². The minimum atomic E-state index is 0.494. The zero-order chi connectivity index (χ0) is 17.3. The number of aromatic nitrogens is 3. The first kappa shape index (κ1) is 15.3. The lowest BCUT2D eigenvalue weighted by Gasteiger charge is -2.24. The molecule has 26 heavy (non-hydrogen) atoms. The maximum atomic E-state index is 4.74. The van der Waals surface area contributed by atoms with Gasteiger partial charge < -0.3 is 15.6 Å². The smallest absolute Gasteiger partial charge is 0.140 e. The molecule has 2 aromatic heterocycles. The van der Waals surface area contributed by atoms with Crippen molar-refractivity contribution in [1.29, 1.82) is 0 Å². The molecular formula is C21H21N5. The maximum absolute atomic E-state index is 4.74. The molecule has 2 aromatic carbocycles. The molecule has 1 atom stereocenters. The quantitative estimate of drug-likeness (QED) is 0.527. The number of pyridine rings is 1. The Morgan fingerprint density at radius 3 is 2.92 bits per heavy atom. The third-order valence-corrected chi connectivity index (χ3v) is 5.01. The van der Waals surface area contributed by atoms with Gasteiger partial charge in [-0.05, 0) is 49.7 Å². The summed E-state index contributed by atoms with van der Waals surface area (Å²) in [6.45, 7) is 2.15. The number of para-hydroxylation sites is 1. The molecule has 130 valence electrons. The second kappa shape index (κ2) is 6.42. The molecule has 1 saturated heterocycles. The average molecular weight is 343 g/mol. The molecule has 5 heteroatoms. The van der Waals surface area contributed by atoms with Gasteiger partial charge in [-0.2, -0.15) is 0 Å². The highest BCUT2D eigenvalue weighted by atomic mass is 15.0. The summed E-state index contributed by atoms with van der Waals surface area (Å²) in [7, 11) is 0. The molecule has 1 fully saturated rings. The lowest BCUT2D eigenvalue weighted by atomic mass is 10.1. The van der Waals surface area contributed by atoms with Crippen LogP contribution in [0.25, 0.3) is 33.3 Å². The first-order chi connectivity index (χ1) is 12.8. The van der Waals surface area contributed by atoms with E-state index in [1.165, 1.54) is 12.8 Å². The molecule has 4 aromatic rings. The van der Waals surface area contributed by atoms with Crippen molar-refractivity contribution in [3.8, 4) is 11.4 Å². The molecule has 0 spiro atoms. The largest absolute Gasteiger partial charge is 0.381 e. The SMILES string of the molecule is c1ccc2ncc(-c3nc4ccc(NC5CCCNC5)cc4[nH]3)cc2c1. The first-order valence-corrected chi connectivity index (χ1v) is 9.17. The summed E-state index contributed by atoms with van der Waals surface area (Å²) in [6.07, 6.45) is 4.32. The van der Waals surface area contributed by atoms with Gasteiger partial charge >= 0.3 is 0 Å². The summed E-state index contributed by atoms with van der Waals surface area (Å²) in [4.78, 5) is 12.7. The Bertz CT molecular complexity index is 1060. The molecular weight excluding hydrogens is 322 g/mol. The molecule has 0 saturated carbocycles. The minimum absolute atomic E-state index is 0.494. The monoisotopic (exact) mass is 343 g/mol. The van der Waals surface area contributed by atoms with Gasteiger partial charge in [-0.15, -0.1) is 0 Å². The molecule has 0 aliphatic carbocycles. The van der Waals surface area contributed by atoms with Gasteiger partial charge in [0, 0.05) is 35.4 Å². The van der Waals surface area contributed by atoms with Crippen LogP contribution in [0.2, 0.25) is 0 Å². The number of aromatic amines is 1. The van der Waals surface area contributed by atoms with Gasteiger partial charge in [0.2, 0.25) is 0 Å². The van der Waals surface area contributed by atoms with Crippen molar-refractivity contribution in [2.75, 3.05) is 18.4 Å². The molecule has 3 N–H and O–H groups in total. The van der Waals surface area contributed by atoms with Crippen LogP contribution in [-0.2, 0) is 0 Å². The van der Waals surface area contributed by atoms with Crippen LogP contribution >= 0.6 is 0 Å². The highest BCUT2D eigenvalue weighted by molar-refractivity contribution is 5.86. The predicted octanol–water partition coefficient (Wildman–Crippen LogP) is 3.94. The lowest BCUT2D eigenvalue weighted by molar-refractivity contribution is 0.480. The second-order valence-electron chi connectivity index (χ2n) is 6.92. The van der Waals surface area contributed by atoms with Crippen LogP contribution < -0.4 is 10.6 Å². The number of imidazole rings is 1. The van der Waals surface area contributed by atoms with Crippen LogP contribution in [0.4, 0.5) is 5.69 Å². The molecule has 1 aliphatic rings. The molecule has 5 rings (SSSR count). The van der Waals surface area contributed by atoms with Gasteiger partial charge in [0.05, 0.1) is 16.6 Å². The van der Waals surface area contributed by atoms with Crippen molar-refractivity contribution < 1.29 is 0 Å².